The van der Waals surface area contributed by atoms with Crippen molar-refractivity contribution in [2.75, 3.05) is 0 Å². The summed E-state index contributed by atoms with van der Waals surface area (Å²) in [5, 5.41) is 15.5. The van der Waals surface area contributed by atoms with Gasteiger partial charge in [0.1, 0.15) is 11.6 Å². The molecule has 0 atom stereocenters. The van der Waals surface area contributed by atoms with Crippen LogP contribution in [0.2, 0.25) is 0 Å². The first-order valence-corrected chi connectivity index (χ1v) is 20.8. The largest absolute Gasteiger partial charge is 0.416 e. The number of para-hydroxylation sites is 2. The van der Waals surface area contributed by atoms with Crippen molar-refractivity contribution in [1.82, 2.24) is 9.13 Å². The Morgan fingerprint density at radius 2 is 0.855 bits per heavy atom. The Hall–Kier alpha value is -7.36. The van der Waals surface area contributed by atoms with Gasteiger partial charge in [0.15, 0.2) is 0 Å². The molecule has 10 aromatic rings. The van der Waals surface area contributed by atoms with Gasteiger partial charge in [-0.2, -0.15) is 18.4 Å². The third kappa shape index (κ3) is 6.19. The van der Waals surface area contributed by atoms with E-state index in [2.05, 4.69) is 130 Å². The van der Waals surface area contributed by atoms with Crippen LogP contribution in [-0.4, -0.2) is 9.13 Å². The number of nitriles is 1. The molecule has 6 heteroatoms. The van der Waals surface area contributed by atoms with Gasteiger partial charge < -0.3 is 9.13 Å². The van der Waals surface area contributed by atoms with E-state index in [0.29, 0.717) is 28.1 Å². The van der Waals surface area contributed by atoms with Gasteiger partial charge in [-0.1, -0.05) is 96.1 Å². The predicted octanol–water partition coefficient (Wildman–Crippen LogP) is 15.6. The summed E-state index contributed by atoms with van der Waals surface area (Å²) in [5.41, 5.74) is 17.1. The summed E-state index contributed by atoms with van der Waals surface area (Å²) in [5.74, 6) is 0. The highest BCUT2D eigenvalue weighted by Gasteiger charge is 2.31. The number of benzene rings is 8. The van der Waals surface area contributed by atoms with Crippen LogP contribution in [0.3, 0.4) is 0 Å². The van der Waals surface area contributed by atoms with Gasteiger partial charge in [0, 0.05) is 21.5 Å². The molecule has 0 amide bonds. The van der Waals surface area contributed by atoms with E-state index >= 15 is 0 Å². The first kappa shape index (κ1) is 38.8. The van der Waals surface area contributed by atoms with Crippen LogP contribution >= 0.6 is 0 Å². The van der Waals surface area contributed by atoms with E-state index < -0.39 is 11.7 Å². The Balaban J connectivity index is 1.30. The highest BCUT2D eigenvalue weighted by molar-refractivity contribution is 6.12. The lowest BCUT2D eigenvalue weighted by molar-refractivity contribution is -0.137. The molecule has 0 bridgehead atoms. The number of rotatable bonds is 5. The van der Waals surface area contributed by atoms with Gasteiger partial charge in [0.2, 0.25) is 0 Å². The number of halogens is 3. The van der Waals surface area contributed by atoms with Gasteiger partial charge in [0.05, 0.1) is 39.0 Å². The van der Waals surface area contributed by atoms with Crippen molar-refractivity contribution >= 4 is 43.6 Å². The number of hydrogen-bond acceptors (Lipinski definition) is 1. The molecule has 0 fully saturated rings. The number of fused-ring (bicyclic) bond motifs is 6. The summed E-state index contributed by atoms with van der Waals surface area (Å²) in [6.45, 7) is 12.8. The molecular weight excluding hydrogens is 772 g/mol. The molecule has 3 nitrogen and oxygen atoms in total. The maximum atomic E-state index is 14.3. The number of alkyl halides is 3. The van der Waals surface area contributed by atoms with Crippen molar-refractivity contribution in [1.29, 1.82) is 5.26 Å². The average Bonchev–Trinajstić information content (AvgIpc) is 3.74. The lowest BCUT2D eigenvalue weighted by Crippen LogP contribution is -2.06. The summed E-state index contributed by atoms with van der Waals surface area (Å²) < 4.78 is 47.1. The topological polar surface area (TPSA) is 33.6 Å². The summed E-state index contributed by atoms with van der Waals surface area (Å²) in [6.07, 6.45) is -4.54. The zero-order valence-corrected chi connectivity index (χ0v) is 35.3. The molecule has 0 saturated heterocycles. The van der Waals surface area contributed by atoms with Crippen molar-refractivity contribution in [3.8, 4) is 50.8 Å². The summed E-state index contributed by atoms with van der Waals surface area (Å²) in [4.78, 5) is 0. The van der Waals surface area contributed by atoms with Crippen molar-refractivity contribution in [3.63, 3.8) is 0 Å². The second kappa shape index (κ2) is 14.4. The normalized spacial score (nSPS) is 11.9. The minimum Gasteiger partial charge on any atom is -0.308 e. The number of hydrogen-bond donors (Lipinski definition) is 0. The Bertz CT molecular complexity index is 3290. The van der Waals surface area contributed by atoms with E-state index in [1.165, 1.54) is 56.6 Å². The van der Waals surface area contributed by atoms with E-state index in [1.54, 1.807) is 6.07 Å². The third-order valence-electron chi connectivity index (χ3n) is 12.5. The second-order valence-electron chi connectivity index (χ2n) is 16.8. The molecule has 0 aliphatic rings. The molecule has 10 rings (SSSR count). The molecule has 2 aromatic heterocycles. The lowest BCUT2D eigenvalue weighted by atomic mass is 9.93. The predicted molar refractivity (Wildman–Crippen MR) is 250 cm³/mol. The summed E-state index contributed by atoms with van der Waals surface area (Å²) in [7, 11) is 0. The van der Waals surface area contributed by atoms with E-state index in [9.17, 15) is 18.4 Å². The Labute approximate surface area is 358 Å². The molecule has 0 radical (unpaired) electrons. The molecule has 302 valence electrons. The lowest BCUT2D eigenvalue weighted by Gasteiger charge is -2.19. The molecule has 0 saturated carbocycles. The molecule has 0 spiro atoms. The molecule has 2 heterocycles. The van der Waals surface area contributed by atoms with Crippen LogP contribution in [0, 0.1) is 52.9 Å². The Morgan fingerprint density at radius 1 is 0.419 bits per heavy atom. The highest BCUT2D eigenvalue weighted by Crippen LogP contribution is 2.43. The van der Waals surface area contributed by atoms with E-state index in [-0.39, 0.29) is 0 Å². The fourth-order valence-corrected chi connectivity index (χ4v) is 10.2. The van der Waals surface area contributed by atoms with Crippen molar-refractivity contribution < 1.29 is 13.2 Å². The minimum atomic E-state index is -4.54. The number of aromatic nitrogens is 2. The number of aryl methyl sites for hydroxylation is 6. The van der Waals surface area contributed by atoms with Crippen molar-refractivity contribution in [3.05, 3.63) is 190 Å². The van der Waals surface area contributed by atoms with Crippen LogP contribution in [0.25, 0.3) is 88.4 Å². The van der Waals surface area contributed by atoms with Crippen LogP contribution in [-0.2, 0) is 6.18 Å². The second-order valence-corrected chi connectivity index (χ2v) is 16.8. The molecule has 62 heavy (non-hydrogen) atoms. The van der Waals surface area contributed by atoms with E-state index in [1.807, 2.05) is 48.5 Å². The number of nitrogens with zero attached hydrogens (tertiary/aromatic N) is 3. The van der Waals surface area contributed by atoms with Gasteiger partial charge in [-0.3, -0.25) is 0 Å². The van der Waals surface area contributed by atoms with Gasteiger partial charge >= 0.3 is 6.18 Å². The first-order chi connectivity index (χ1) is 29.8. The maximum absolute atomic E-state index is 14.3. The van der Waals surface area contributed by atoms with Gasteiger partial charge in [-0.25, -0.2) is 0 Å². The first-order valence-electron chi connectivity index (χ1n) is 20.8. The standard InChI is InChI=1S/C56H42F3N3/c1-32-22-34(3)54(35(4)23-32)39-18-20-50-45(27-39)43-14-7-9-16-48(43)61(50)52-29-41(38-12-11-13-42(26-38)56(57,58)59)30-53(47(52)31-60)62-49-17-10-8-15-44(49)46-28-40(19-21-51(46)62)55-36(5)24-33(2)25-37(55)6/h7-30H,1-6H3. The van der Waals surface area contributed by atoms with Crippen LogP contribution < -0.4 is 0 Å². The monoisotopic (exact) mass is 813 g/mol. The van der Waals surface area contributed by atoms with Crippen LogP contribution in [0.5, 0.6) is 0 Å². The van der Waals surface area contributed by atoms with Crippen LogP contribution in [0.1, 0.15) is 44.5 Å². The molecule has 0 aliphatic carbocycles. The SMILES string of the molecule is Cc1cc(C)c(-c2ccc3c(c2)c2ccccc2n3-c2cc(-c3cccc(C(F)(F)F)c3)cc(-n3c4ccccc4c4cc(-c5c(C)cc(C)cc5C)ccc43)c2C#N)c(C)c1. The third-order valence-corrected chi connectivity index (χ3v) is 12.5. The fourth-order valence-electron chi connectivity index (χ4n) is 10.2. The minimum absolute atomic E-state index is 0.397. The molecule has 8 aromatic carbocycles. The highest BCUT2D eigenvalue weighted by atomic mass is 19.4. The van der Waals surface area contributed by atoms with Gasteiger partial charge in [-0.05, 0) is 158 Å². The van der Waals surface area contributed by atoms with Crippen molar-refractivity contribution in [2.24, 2.45) is 0 Å². The van der Waals surface area contributed by atoms with Crippen molar-refractivity contribution in [2.45, 2.75) is 47.7 Å². The van der Waals surface area contributed by atoms with Gasteiger partial charge in [-0.15, -0.1) is 0 Å². The molecule has 0 N–H and O–H groups in total. The molecule has 0 aliphatic heterocycles. The maximum Gasteiger partial charge on any atom is 0.416 e. The van der Waals surface area contributed by atoms with Gasteiger partial charge in [0.25, 0.3) is 0 Å². The smallest absolute Gasteiger partial charge is 0.308 e. The van der Waals surface area contributed by atoms with E-state index in [4.69, 9.17) is 0 Å². The van der Waals surface area contributed by atoms with Crippen LogP contribution in [0.4, 0.5) is 13.2 Å². The quantitative estimate of drug-likeness (QED) is 0.170. The van der Waals surface area contributed by atoms with Crippen LogP contribution in [0.15, 0.2) is 146 Å². The summed E-state index contributed by atoms with van der Waals surface area (Å²) in [6, 6.07) is 49.9. The Kier molecular flexibility index (Phi) is 9.01. The van der Waals surface area contributed by atoms with E-state index in [0.717, 1.165) is 60.8 Å². The molecule has 0 unspecified atom stereocenters. The zero-order valence-electron chi connectivity index (χ0n) is 35.3. The average molecular weight is 814 g/mol. The Morgan fingerprint density at radius 3 is 1.29 bits per heavy atom. The fraction of sp³-hybridized carbons (Fsp3) is 0.125. The zero-order chi connectivity index (χ0) is 43.2. The molecular formula is C56H42F3N3. The summed E-state index contributed by atoms with van der Waals surface area (Å²) >= 11 is 0.